The molecule has 0 radical (unpaired) electrons. The molecule has 1 N–H and O–H groups in total. The maximum Gasteiger partial charge on any atom is 0.0936 e. The van der Waals surface area contributed by atoms with Gasteiger partial charge in [-0.3, -0.25) is 4.98 Å². The zero-order valence-corrected chi connectivity index (χ0v) is 13.5. The highest BCUT2D eigenvalue weighted by atomic mass is 16.6. The second-order valence-electron chi connectivity index (χ2n) is 6.22. The van der Waals surface area contributed by atoms with Crippen molar-refractivity contribution in [2.45, 2.75) is 38.3 Å². The van der Waals surface area contributed by atoms with E-state index in [4.69, 9.17) is 9.47 Å². The van der Waals surface area contributed by atoms with Crippen molar-refractivity contribution in [3.8, 4) is 0 Å². The molecule has 2 aliphatic heterocycles. The fourth-order valence-corrected chi connectivity index (χ4v) is 3.19. The fraction of sp³-hybridized carbons (Fsp3) is 0.706. The topological polar surface area (TPSA) is 46.6 Å². The number of nitrogens with zero attached hydrogens (tertiary/aromatic N) is 2. The van der Waals surface area contributed by atoms with Gasteiger partial charge in [0.05, 0.1) is 31.6 Å². The van der Waals surface area contributed by atoms with E-state index in [0.29, 0.717) is 6.04 Å². The van der Waals surface area contributed by atoms with Crippen LogP contribution in [0.25, 0.3) is 0 Å². The van der Waals surface area contributed by atoms with Crippen molar-refractivity contribution in [1.29, 1.82) is 0 Å². The van der Waals surface area contributed by atoms with E-state index in [0.717, 1.165) is 51.6 Å². The summed E-state index contributed by atoms with van der Waals surface area (Å²) in [5, 5.41) is 3.63. The standard InChI is InChI=1S/C17H27N3O2/c1-2-14-9-16(11-18-10-14)19-15-3-5-20(6-4-15)12-17-13-21-7-8-22-17/h9-11,15,17,19H,2-8,12-13H2,1H3. The first kappa shape index (κ1) is 15.7. The molecule has 0 spiro atoms. The minimum atomic E-state index is 0.253. The van der Waals surface area contributed by atoms with Gasteiger partial charge in [-0.1, -0.05) is 6.92 Å². The highest BCUT2D eigenvalue weighted by Crippen LogP contribution is 2.18. The number of hydrogen-bond acceptors (Lipinski definition) is 5. The molecule has 1 aromatic rings. The Morgan fingerprint density at radius 1 is 1.27 bits per heavy atom. The Bertz CT molecular complexity index is 455. The van der Waals surface area contributed by atoms with Gasteiger partial charge in [0.2, 0.25) is 0 Å². The van der Waals surface area contributed by atoms with E-state index in [1.54, 1.807) is 0 Å². The monoisotopic (exact) mass is 305 g/mol. The molecule has 0 bridgehead atoms. The normalized spacial score (nSPS) is 24.3. The maximum absolute atomic E-state index is 5.74. The van der Waals surface area contributed by atoms with Crippen molar-refractivity contribution in [3.63, 3.8) is 0 Å². The van der Waals surface area contributed by atoms with E-state index < -0.39 is 0 Å². The molecule has 0 saturated carbocycles. The molecular formula is C17H27N3O2. The smallest absolute Gasteiger partial charge is 0.0936 e. The molecule has 1 atom stereocenters. The van der Waals surface area contributed by atoms with Crippen LogP contribution in [0.15, 0.2) is 18.5 Å². The minimum Gasteiger partial charge on any atom is -0.381 e. The van der Waals surface area contributed by atoms with Crippen LogP contribution in [0.3, 0.4) is 0 Å². The summed E-state index contributed by atoms with van der Waals surface area (Å²) in [5.74, 6) is 0. The summed E-state index contributed by atoms with van der Waals surface area (Å²) in [7, 11) is 0. The Kier molecular flexibility index (Phi) is 5.64. The Balaban J connectivity index is 1.43. The van der Waals surface area contributed by atoms with Gasteiger partial charge in [-0.25, -0.2) is 0 Å². The summed E-state index contributed by atoms with van der Waals surface area (Å²) >= 11 is 0. The van der Waals surface area contributed by atoms with Gasteiger partial charge in [0.25, 0.3) is 0 Å². The van der Waals surface area contributed by atoms with Crippen LogP contribution in [0, 0.1) is 0 Å². The van der Waals surface area contributed by atoms with Crippen LogP contribution in [-0.4, -0.2) is 61.5 Å². The zero-order chi connectivity index (χ0) is 15.2. The fourth-order valence-electron chi connectivity index (χ4n) is 3.19. The maximum atomic E-state index is 5.74. The lowest BCUT2D eigenvalue weighted by Crippen LogP contribution is -2.45. The minimum absolute atomic E-state index is 0.253. The Morgan fingerprint density at radius 2 is 2.14 bits per heavy atom. The van der Waals surface area contributed by atoms with E-state index >= 15 is 0 Å². The van der Waals surface area contributed by atoms with Gasteiger partial charge >= 0.3 is 0 Å². The molecule has 3 heterocycles. The number of aromatic nitrogens is 1. The molecule has 2 saturated heterocycles. The Labute approximate surface area is 133 Å². The summed E-state index contributed by atoms with van der Waals surface area (Å²) in [6.45, 7) is 7.64. The van der Waals surface area contributed by atoms with Crippen LogP contribution in [0.5, 0.6) is 0 Å². The number of nitrogens with one attached hydrogen (secondary N) is 1. The van der Waals surface area contributed by atoms with E-state index in [2.05, 4.69) is 28.2 Å². The lowest BCUT2D eigenvalue weighted by molar-refractivity contribution is -0.0986. The highest BCUT2D eigenvalue weighted by Gasteiger charge is 2.23. The first-order valence-corrected chi connectivity index (χ1v) is 8.45. The van der Waals surface area contributed by atoms with E-state index in [-0.39, 0.29) is 6.10 Å². The van der Waals surface area contributed by atoms with Gasteiger partial charge in [0, 0.05) is 38.1 Å². The Morgan fingerprint density at radius 3 is 2.86 bits per heavy atom. The summed E-state index contributed by atoms with van der Waals surface area (Å²) in [5.41, 5.74) is 2.44. The van der Waals surface area contributed by atoms with E-state index in [1.807, 2.05) is 12.4 Å². The summed E-state index contributed by atoms with van der Waals surface area (Å²) in [6.07, 6.45) is 7.50. The number of anilines is 1. The number of likely N-dealkylation sites (tertiary alicyclic amines) is 1. The van der Waals surface area contributed by atoms with Crippen molar-refractivity contribution in [2.75, 3.05) is 44.8 Å². The van der Waals surface area contributed by atoms with Crippen LogP contribution in [-0.2, 0) is 15.9 Å². The predicted octanol–water partition coefficient (Wildman–Crippen LogP) is 1.94. The van der Waals surface area contributed by atoms with Gasteiger partial charge in [-0.05, 0) is 30.9 Å². The number of piperidine rings is 1. The molecular weight excluding hydrogens is 278 g/mol. The Hall–Kier alpha value is -1.17. The third-order valence-corrected chi connectivity index (χ3v) is 4.51. The first-order valence-electron chi connectivity index (χ1n) is 8.45. The molecule has 0 aliphatic carbocycles. The lowest BCUT2D eigenvalue weighted by Gasteiger charge is -2.35. The molecule has 122 valence electrons. The average molecular weight is 305 g/mol. The zero-order valence-electron chi connectivity index (χ0n) is 13.5. The van der Waals surface area contributed by atoms with Crippen molar-refractivity contribution in [2.24, 2.45) is 0 Å². The molecule has 1 aromatic heterocycles. The van der Waals surface area contributed by atoms with Crippen LogP contribution < -0.4 is 5.32 Å². The lowest BCUT2D eigenvalue weighted by atomic mass is 10.0. The van der Waals surface area contributed by atoms with Crippen molar-refractivity contribution in [1.82, 2.24) is 9.88 Å². The van der Waals surface area contributed by atoms with Gasteiger partial charge < -0.3 is 19.7 Å². The largest absolute Gasteiger partial charge is 0.381 e. The number of rotatable bonds is 5. The van der Waals surface area contributed by atoms with Crippen molar-refractivity contribution < 1.29 is 9.47 Å². The summed E-state index contributed by atoms with van der Waals surface area (Å²) in [6, 6.07) is 2.76. The van der Waals surface area contributed by atoms with Crippen LogP contribution >= 0.6 is 0 Å². The molecule has 1 unspecified atom stereocenters. The van der Waals surface area contributed by atoms with Crippen LogP contribution in [0.2, 0.25) is 0 Å². The number of pyridine rings is 1. The second-order valence-corrected chi connectivity index (χ2v) is 6.22. The van der Waals surface area contributed by atoms with Gasteiger partial charge in [-0.2, -0.15) is 0 Å². The van der Waals surface area contributed by atoms with Crippen molar-refractivity contribution >= 4 is 5.69 Å². The first-order chi connectivity index (χ1) is 10.8. The number of ether oxygens (including phenoxy) is 2. The second kappa shape index (κ2) is 7.90. The van der Waals surface area contributed by atoms with Gasteiger partial charge in [0.15, 0.2) is 0 Å². The van der Waals surface area contributed by atoms with E-state index in [1.165, 1.54) is 18.4 Å². The van der Waals surface area contributed by atoms with Crippen LogP contribution in [0.1, 0.15) is 25.3 Å². The van der Waals surface area contributed by atoms with Gasteiger partial charge in [0.1, 0.15) is 0 Å². The highest BCUT2D eigenvalue weighted by molar-refractivity contribution is 5.43. The summed E-state index contributed by atoms with van der Waals surface area (Å²) in [4.78, 5) is 6.81. The predicted molar refractivity (Wildman–Crippen MR) is 87.3 cm³/mol. The molecule has 22 heavy (non-hydrogen) atoms. The molecule has 2 aliphatic rings. The molecule has 5 heteroatoms. The van der Waals surface area contributed by atoms with Crippen LogP contribution in [0.4, 0.5) is 5.69 Å². The van der Waals surface area contributed by atoms with Gasteiger partial charge in [-0.15, -0.1) is 0 Å². The van der Waals surface area contributed by atoms with E-state index in [9.17, 15) is 0 Å². The summed E-state index contributed by atoms with van der Waals surface area (Å²) < 4.78 is 11.2. The third-order valence-electron chi connectivity index (χ3n) is 4.51. The quantitative estimate of drug-likeness (QED) is 0.901. The number of hydrogen-bond donors (Lipinski definition) is 1. The molecule has 2 fully saturated rings. The number of aryl methyl sites for hydroxylation is 1. The SMILES string of the molecule is CCc1cncc(NC2CCN(CC3COCCO3)CC2)c1. The molecule has 5 nitrogen and oxygen atoms in total. The third kappa shape index (κ3) is 4.41. The van der Waals surface area contributed by atoms with Crippen molar-refractivity contribution in [3.05, 3.63) is 24.0 Å². The molecule has 0 amide bonds. The molecule has 3 rings (SSSR count). The molecule has 0 aromatic carbocycles. The average Bonchev–Trinajstić information content (AvgIpc) is 2.58.